The minimum absolute atomic E-state index is 0.941. The van der Waals surface area contributed by atoms with Crippen LogP contribution in [0, 0.1) is 0 Å². The van der Waals surface area contributed by atoms with Gasteiger partial charge in [0.25, 0.3) is 0 Å². The molecule has 0 bridgehead atoms. The van der Waals surface area contributed by atoms with Crippen molar-refractivity contribution in [2.75, 3.05) is 0 Å². The third kappa shape index (κ3) is 2.80. The number of hydrogen-bond donors (Lipinski definition) is 0. The van der Waals surface area contributed by atoms with E-state index >= 15 is 0 Å². The third-order valence-electron chi connectivity index (χ3n) is 3.89. The van der Waals surface area contributed by atoms with E-state index in [1.165, 1.54) is 18.8 Å². The third-order valence-corrected chi connectivity index (χ3v) is 6.59. The normalized spacial score (nSPS) is 13.3. The van der Waals surface area contributed by atoms with Crippen LogP contribution in [0.5, 0.6) is 0 Å². The van der Waals surface area contributed by atoms with Crippen molar-refractivity contribution in [3.05, 3.63) is 78.1 Å². The van der Waals surface area contributed by atoms with Gasteiger partial charge in [0.05, 0.1) is 20.1 Å². The summed E-state index contributed by atoms with van der Waals surface area (Å²) in [6, 6.07) is 16.5. The van der Waals surface area contributed by atoms with Crippen LogP contribution in [0.2, 0.25) is 0 Å². The highest BCUT2D eigenvalue weighted by Crippen LogP contribution is 2.16. The van der Waals surface area contributed by atoms with Crippen LogP contribution in [0.3, 0.4) is 0 Å². The predicted molar refractivity (Wildman–Crippen MR) is 110 cm³/mol. The van der Waals surface area contributed by atoms with Crippen molar-refractivity contribution in [2.24, 2.45) is 0 Å². The zero-order valence-electron chi connectivity index (χ0n) is 13.0. The van der Waals surface area contributed by atoms with E-state index in [0.29, 0.717) is 0 Å². The van der Waals surface area contributed by atoms with E-state index < -0.39 is 0 Å². The lowest BCUT2D eigenvalue weighted by Gasteiger charge is -1.96. The van der Waals surface area contributed by atoms with Gasteiger partial charge in [-0.2, -0.15) is 0 Å². The van der Waals surface area contributed by atoms with Crippen LogP contribution in [0.4, 0.5) is 0 Å². The molecule has 0 saturated carbocycles. The Morgan fingerprint density at radius 2 is 1.16 bits per heavy atom. The van der Waals surface area contributed by atoms with Crippen LogP contribution >= 0.6 is 34.0 Å². The average molecular weight is 377 g/mol. The molecule has 0 unspecified atom stereocenters. The van der Waals surface area contributed by atoms with E-state index in [1.54, 1.807) is 34.0 Å². The number of nitrogens with zero attached hydrogens (tertiary/aromatic N) is 2. The lowest BCUT2D eigenvalue weighted by atomic mass is 10.2. The summed E-state index contributed by atoms with van der Waals surface area (Å²) in [5.41, 5.74) is 3.85. The standard InChI is InChI=1S/C20H12N2S3/c1-2-8-16-15(7-1)21-19-17(11-13-5-3-9-23-13)25-18(20(19)22-16)12-14-6-4-10-24-14/h1-12H/b17-11-,18-12?. The highest BCUT2D eigenvalue weighted by atomic mass is 32.1. The van der Waals surface area contributed by atoms with Crippen LogP contribution in [-0.4, -0.2) is 9.97 Å². The van der Waals surface area contributed by atoms with Crippen LogP contribution in [-0.2, 0) is 0 Å². The van der Waals surface area contributed by atoms with Crippen molar-refractivity contribution in [1.29, 1.82) is 0 Å². The number of benzene rings is 1. The minimum atomic E-state index is 0.941. The number of para-hydroxylation sites is 2. The van der Waals surface area contributed by atoms with Crippen LogP contribution < -0.4 is 9.06 Å². The molecule has 0 saturated heterocycles. The monoisotopic (exact) mass is 376 g/mol. The Bertz CT molecular complexity index is 1180. The molecule has 0 N–H and O–H groups in total. The van der Waals surface area contributed by atoms with Gasteiger partial charge in [0, 0.05) is 9.75 Å². The van der Waals surface area contributed by atoms with E-state index in [0.717, 1.165) is 22.1 Å². The summed E-state index contributed by atoms with van der Waals surface area (Å²) < 4.78 is 2.33. The highest BCUT2D eigenvalue weighted by molar-refractivity contribution is 7.12. The fourth-order valence-electron chi connectivity index (χ4n) is 2.76. The first-order valence-corrected chi connectivity index (χ1v) is 10.4. The lowest BCUT2D eigenvalue weighted by molar-refractivity contribution is 1.40. The first-order valence-electron chi connectivity index (χ1n) is 7.83. The topological polar surface area (TPSA) is 25.8 Å². The Labute approximate surface area is 156 Å². The van der Waals surface area contributed by atoms with E-state index in [9.17, 15) is 0 Å². The van der Waals surface area contributed by atoms with E-state index in [-0.39, 0.29) is 0 Å². The van der Waals surface area contributed by atoms with E-state index in [2.05, 4.69) is 47.2 Å². The Hall–Kier alpha value is -2.34. The quantitative estimate of drug-likeness (QED) is 0.449. The minimum Gasteiger partial charge on any atom is -0.243 e. The van der Waals surface area contributed by atoms with E-state index in [4.69, 9.17) is 9.97 Å². The van der Waals surface area contributed by atoms with Gasteiger partial charge in [-0.15, -0.1) is 34.0 Å². The molecule has 25 heavy (non-hydrogen) atoms. The summed E-state index contributed by atoms with van der Waals surface area (Å²) in [6.07, 6.45) is 4.43. The van der Waals surface area contributed by atoms with Gasteiger partial charge in [0.15, 0.2) is 0 Å². The molecule has 4 heterocycles. The molecule has 0 atom stereocenters. The molecule has 0 fully saturated rings. The fraction of sp³-hybridized carbons (Fsp3) is 0. The molecule has 5 heteroatoms. The Kier molecular flexibility index (Phi) is 3.70. The number of aromatic nitrogens is 2. The van der Waals surface area contributed by atoms with Crippen molar-refractivity contribution in [2.45, 2.75) is 0 Å². The SMILES string of the molecule is C(c1cccs1)=c1s/c(=C\c2cccs2)c2nc3ccccc3nc12. The molecule has 0 aliphatic carbocycles. The van der Waals surface area contributed by atoms with Crippen molar-refractivity contribution in [3.8, 4) is 0 Å². The number of hydrogen-bond acceptors (Lipinski definition) is 5. The molecule has 0 aliphatic rings. The zero-order chi connectivity index (χ0) is 16.6. The van der Waals surface area contributed by atoms with Gasteiger partial charge in [0.1, 0.15) is 11.0 Å². The van der Waals surface area contributed by atoms with Gasteiger partial charge >= 0.3 is 0 Å². The Morgan fingerprint density at radius 1 is 0.640 bits per heavy atom. The summed E-state index contributed by atoms with van der Waals surface area (Å²) in [5, 5.41) is 4.20. The smallest absolute Gasteiger partial charge is 0.108 e. The number of thiophene rings is 3. The van der Waals surface area contributed by atoms with Crippen molar-refractivity contribution in [1.82, 2.24) is 9.97 Å². The summed E-state index contributed by atoms with van der Waals surface area (Å²) >= 11 is 5.24. The molecule has 120 valence electrons. The molecule has 0 amide bonds. The summed E-state index contributed by atoms with van der Waals surface area (Å²) in [6.45, 7) is 0. The second-order valence-electron chi connectivity index (χ2n) is 5.56. The number of rotatable bonds is 2. The summed E-state index contributed by atoms with van der Waals surface area (Å²) in [4.78, 5) is 12.3. The Morgan fingerprint density at radius 3 is 1.60 bits per heavy atom. The zero-order valence-corrected chi connectivity index (χ0v) is 15.5. The van der Waals surface area contributed by atoms with Gasteiger partial charge in [-0.3, -0.25) is 0 Å². The molecule has 4 aromatic heterocycles. The average Bonchev–Trinajstić information content (AvgIpc) is 3.38. The molecule has 5 aromatic rings. The predicted octanol–water partition coefficient (Wildman–Crippen LogP) is 4.63. The molecule has 0 radical (unpaired) electrons. The van der Waals surface area contributed by atoms with Crippen molar-refractivity contribution < 1.29 is 0 Å². The largest absolute Gasteiger partial charge is 0.243 e. The van der Waals surface area contributed by atoms with Gasteiger partial charge in [-0.1, -0.05) is 24.3 Å². The first-order chi connectivity index (χ1) is 12.4. The van der Waals surface area contributed by atoms with E-state index in [1.807, 2.05) is 24.3 Å². The maximum atomic E-state index is 4.91. The lowest BCUT2D eigenvalue weighted by Crippen LogP contribution is -1.97. The van der Waals surface area contributed by atoms with Gasteiger partial charge < -0.3 is 0 Å². The number of fused-ring (bicyclic) bond motifs is 2. The maximum Gasteiger partial charge on any atom is 0.108 e. The molecule has 5 rings (SSSR count). The van der Waals surface area contributed by atoms with Gasteiger partial charge in [0.2, 0.25) is 0 Å². The molecule has 0 aliphatic heterocycles. The molecular formula is C20H12N2S3. The van der Waals surface area contributed by atoms with Gasteiger partial charge in [-0.05, 0) is 47.2 Å². The molecular weight excluding hydrogens is 364 g/mol. The summed E-state index contributed by atoms with van der Waals surface area (Å²) in [5.74, 6) is 0. The highest BCUT2D eigenvalue weighted by Gasteiger charge is 2.08. The second kappa shape index (κ2) is 6.19. The van der Waals surface area contributed by atoms with Crippen LogP contribution in [0.15, 0.2) is 59.3 Å². The molecule has 2 nitrogen and oxygen atoms in total. The van der Waals surface area contributed by atoms with Crippen LogP contribution in [0.1, 0.15) is 9.75 Å². The van der Waals surface area contributed by atoms with Gasteiger partial charge in [-0.25, -0.2) is 9.97 Å². The second-order valence-corrected chi connectivity index (χ2v) is 8.60. The molecule has 1 aromatic carbocycles. The maximum absolute atomic E-state index is 4.91. The Balaban J connectivity index is 1.89. The molecule has 0 spiro atoms. The fourth-order valence-corrected chi connectivity index (χ4v) is 5.31. The van der Waals surface area contributed by atoms with Crippen molar-refractivity contribution >= 4 is 68.2 Å². The first kappa shape index (κ1) is 15.0. The van der Waals surface area contributed by atoms with Crippen molar-refractivity contribution in [3.63, 3.8) is 0 Å². The van der Waals surface area contributed by atoms with Crippen LogP contribution in [0.25, 0.3) is 34.2 Å². The summed E-state index contributed by atoms with van der Waals surface area (Å²) in [7, 11) is 0.